The zero-order valence-electron chi connectivity index (χ0n) is 10.8. The molecule has 88 valence electrons. The highest BCUT2D eigenvalue weighted by Gasteiger charge is 2.42. The van der Waals surface area contributed by atoms with E-state index in [-0.39, 0.29) is 17.2 Å². The first kappa shape index (κ1) is 12.7. The first-order chi connectivity index (χ1) is 6.79. The van der Waals surface area contributed by atoms with E-state index in [2.05, 4.69) is 39.3 Å². The fourth-order valence-corrected chi connectivity index (χ4v) is 2.47. The van der Waals surface area contributed by atoms with Crippen LogP contribution < -0.4 is 0 Å². The molecule has 2 nitrogen and oxygen atoms in total. The maximum absolute atomic E-state index is 5.99. The van der Waals surface area contributed by atoms with E-state index in [4.69, 9.17) is 4.84 Å². The van der Waals surface area contributed by atoms with Crippen molar-refractivity contribution < 1.29 is 4.84 Å². The second-order valence-electron chi connectivity index (χ2n) is 5.82. The first-order valence-corrected chi connectivity index (χ1v) is 5.89. The summed E-state index contributed by atoms with van der Waals surface area (Å²) in [5.74, 6) is 0. The molecule has 1 unspecified atom stereocenters. The lowest BCUT2D eigenvalue weighted by Crippen LogP contribution is -2.58. The molecule has 1 fully saturated rings. The fraction of sp³-hybridized carbons (Fsp3) is 0.846. The molecule has 0 aromatic rings. The van der Waals surface area contributed by atoms with E-state index < -0.39 is 0 Å². The zero-order valence-corrected chi connectivity index (χ0v) is 10.8. The molecule has 1 aliphatic rings. The van der Waals surface area contributed by atoms with Gasteiger partial charge in [0.2, 0.25) is 0 Å². The van der Waals surface area contributed by atoms with Crippen molar-refractivity contribution in [3.8, 4) is 0 Å². The fourth-order valence-electron chi connectivity index (χ4n) is 2.47. The van der Waals surface area contributed by atoms with Crippen molar-refractivity contribution in [2.24, 2.45) is 0 Å². The summed E-state index contributed by atoms with van der Waals surface area (Å²) < 4.78 is 0. The molecule has 1 saturated heterocycles. The first-order valence-electron chi connectivity index (χ1n) is 5.89. The Morgan fingerprint density at radius 1 is 1.20 bits per heavy atom. The molecule has 15 heavy (non-hydrogen) atoms. The van der Waals surface area contributed by atoms with E-state index >= 15 is 0 Å². The molecule has 0 radical (unpaired) electrons. The van der Waals surface area contributed by atoms with Gasteiger partial charge in [-0.3, -0.25) is 4.84 Å². The molecular weight excluding hydrogens is 186 g/mol. The topological polar surface area (TPSA) is 12.5 Å². The predicted molar refractivity (Wildman–Crippen MR) is 64.6 cm³/mol. The van der Waals surface area contributed by atoms with Crippen LogP contribution in [-0.4, -0.2) is 22.2 Å². The summed E-state index contributed by atoms with van der Waals surface area (Å²) in [6.45, 7) is 14.8. The Hall–Kier alpha value is -0.340. The van der Waals surface area contributed by atoms with Crippen LogP contribution in [0, 0.1) is 0 Å². The lowest BCUT2D eigenvalue weighted by atomic mass is 9.82. The number of nitrogens with zero attached hydrogens (tertiary/aromatic N) is 1. The molecular formula is C13H25NO. The van der Waals surface area contributed by atoms with E-state index in [1.165, 1.54) is 19.3 Å². The third-order valence-electron chi connectivity index (χ3n) is 3.28. The van der Waals surface area contributed by atoms with Crippen LogP contribution >= 0.6 is 0 Å². The van der Waals surface area contributed by atoms with Crippen molar-refractivity contribution in [2.75, 3.05) is 0 Å². The minimum absolute atomic E-state index is 0.0849. The summed E-state index contributed by atoms with van der Waals surface area (Å²) in [5, 5.41) is 2.18. The average molecular weight is 211 g/mol. The van der Waals surface area contributed by atoms with E-state index in [0.717, 1.165) is 0 Å². The molecule has 1 heterocycles. The van der Waals surface area contributed by atoms with Crippen molar-refractivity contribution in [1.82, 2.24) is 5.06 Å². The molecule has 1 aliphatic heterocycles. The van der Waals surface area contributed by atoms with E-state index in [1.807, 2.05) is 13.0 Å². The van der Waals surface area contributed by atoms with Crippen molar-refractivity contribution in [3.05, 3.63) is 12.7 Å². The Morgan fingerprint density at radius 3 is 2.07 bits per heavy atom. The van der Waals surface area contributed by atoms with Gasteiger partial charge in [-0.05, 0) is 53.9 Å². The number of hydroxylamine groups is 2. The molecule has 1 rings (SSSR count). The van der Waals surface area contributed by atoms with E-state index in [0.29, 0.717) is 0 Å². The summed E-state index contributed by atoms with van der Waals surface area (Å²) in [6.07, 6.45) is 5.60. The predicted octanol–water partition coefficient (Wildman–Crippen LogP) is 3.54. The van der Waals surface area contributed by atoms with Crippen LogP contribution in [0.1, 0.15) is 53.9 Å². The van der Waals surface area contributed by atoms with Gasteiger partial charge in [0.1, 0.15) is 0 Å². The molecule has 0 spiro atoms. The minimum Gasteiger partial charge on any atom is -0.291 e. The quantitative estimate of drug-likeness (QED) is 0.662. The lowest BCUT2D eigenvalue weighted by Gasteiger charge is -2.52. The van der Waals surface area contributed by atoms with Gasteiger partial charge in [-0.25, -0.2) is 0 Å². The van der Waals surface area contributed by atoms with Gasteiger partial charge >= 0.3 is 0 Å². The second kappa shape index (κ2) is 4.26. The van der Waals surface area contributed by atoms with Crippen LogP contribution in [0.25, 0.3) is 0 Å². The number of hydrogen-bond acceptors (Lipinski definition) is 2. The average Bonchev–Trinajstić information content (AvgIpc) is 2.10. The highest BCUT2D eigenvalue weighted by molar-refractivity contribution is 4.93. The minimum atomic E-state index is 0.0849. The van der Waals surface area contributed by atoms with Crippen LogP contribution in [0.5, 0.6) is 0 Å². The normalized spacial score (nSPS) is 27.3. The van der Waals surface area contributed by atoms with Crippen molar-refractivity contribution in [3.63, 3.8) is 0 Å². The standard InChI is InChI=1S/C13H25NO/c1-7-11(2)15-14-12(3,4)9-8-10-13(14,5)6/h7,11H,1,8-10H2,2-6H3. The van der Waals surface area contributed by atoms with Crippen molar-refractivity contribution >= 4 is 0 Å². The molecule has 0 saturated carbocycles. The summed E-state index contributed by atoms with van der Waals surface area (Å²) in [4.78, 5) is 5.99. The Kier molecular flexibility index (Phi) is 3.62. The van der Waals surface area contributed by atoms with E-state index in [1.54, 1.807) is 0 Å². The molecule has 0 aromatic heterocycles. The molecule has 0 aromatic carbocycles. The largest absolute Gasteiger partial charge is 0.291 e. The van der Waals surface area contributed by atoms with Gasteiger partial charge in [-0.15, -0.1) is 6.58 Å². The Morgan fingerprint density at radius 2 is 1.67 bits per heavy atom. The van der Waals surface area contributed by atoms with Crippen LogP contribution in [0.2, 0.25) is 0 Å². The van der Waals surface area contributed by atoms with Crippen molar-refractivity contribution in [1.29, 1.82) is 0 Å². The molecule has 2 heteroatoms. The van der Waals surface area contributed by atoms with Gasteiger partial charge in [0.05, 0.1) is 6.10 Å². The third kappa shape index (κ3) is 2.82. The third-order valence-corrected chi connectivity index (χ3v) is 3.28. The van der Waals surface area contributed by atoms with Crippen LogP contribution in [0.3, 0.4) is 0 Å². The van der Waals surface area contributed by atoms with Gasteiger partial charge in [-0.1, -0.05) is 6.08 Å². The smallest absolute Gasteiger partial charge is 0.0943 e. The summed E-state index contributed by atoms with van der Waals surface area (Å²) in [5.41, 5.74) is 0.248. The summed E-state index contributed by atoms with van der Waals surface area (Å²) in [7, 11) is 0. The molecule has 0 bridgehead atoms. The maximum atomic E-state index is 5.99. The lowest BCUT2D eigenvalue weighted by molar-refractivity contribution is -0.293. The van der Waals surface area contributed by atoms with Crippen LogP contribution in [0.4, 0.5) is 0 Å². The Bertz CT molecular complexity index is 217. The summed E-state index contributed by atoms with van der Waals surface area (Å²) in [6, 6.07) is 0. The highest BCUT2D eigenvalue weighted by atomic mass is 16.7. The van der Waals surface area contributed by atoms with Gasteiger partial charge in [0.15, 0.2) is 0 Å². The SMILES string of the molecule is C=CC(C)ON1C(C)(C)CCCC1(C)C. The Balaban J connectivity index is 2.81. The van der Waals surface area contributed by atoms with Gasteiger partial charge in [-0.2, -0.15) is 5.06 Å². The number of hydrogen-bond donors (Lipinski definition) is 0. The van der Waals surface area contributed by atoms with Crippen molar-refractivity contribution in [2.45, 2.75) is 71.1 Å². The molecule has 1 atom stereocenters. The monoisotopic (exact) mass is 211 g/mol. The van der Waals surface area contributed by atoms with Gasteiger partial charge < -0.3 is 0 Å². The zero-order chi connectivity index (χ0) is 11.7. The highest BCUT2D eigenvalue weighted by Crippen LogP contribution is 2.38. The van der Waals surface area contributed by atoms with Gasteiger partial charge in [0, 0.05) is 11.1 Å². The Labute approximate surface area is 94.3 Å². The van der Waals surface area contributed by atoms with Crippen LogP contribution in [-0.2, 0) is 4.84 Å². The molecule has 0 aliphatic carbocycles. The molecule has 0 N–H and O–H groups in total. The summed E-state index contributed by atoms with van der Waals surface area (Å²) >= 11 is 0. The second-order valence-corrected chi connectivity index (χ2v) is 5.82. The van der Waals surface area contributed by atoms with E-state index in [9.17, 15) is 0 Å². The molecule has 0 amide bonds. The number of rotatable bonds is 3. The van der Waals surface area contributed by atoms with Gasteiger partial charge in [0.25, 0.3) is 0 Å². The van der Waals surface area contributed by atoms with Crippen LogP contribution in [0.15, 0.2) is 12.7 Å². The maximum Gasteiger partial charge on any atom is 0.0943 e. The number of piperidine rings is 1.